The maximum atomic E-state index is 6.47. The largest absolute Gasteiger partial charge is 0.468 e. The molecule has 0 fully saturated rings. The molecule has 0 radical (unpaired) electrons. The normalized spacial score (nSPS) is 10.5. The molecule has 0 atom stereocenters. The number of benzene rings is 6. The van der Waals surface area contributed by atoms with Gasteiger partial charge in [0.05, 0.1) is 22.8 Å². The number of aromatic amines is 2. The first-order valence-electron chi connectivity index (χ1n) is 18.8. The first kappa shape index (κ1) is 41.5. The Morgan fingerprint density at radius 2 is 0.776 bits per heavy atom. The van der Waals surface area contributed by atoms with Gasteiger partial charge in [-0.2, -0.15) is 0 Å². The maximum Gasteiger partial charge on any atom is 0.188 e. The topological polar surface area (TPSA) is 94.3 Å². The van der Waals surface area contributed by atoms with Crippen molar-refractivity contribution in [1.29, 1.82) is 0 Å². The summed E-state index contributed by atoms with van der Waals surface area (Å²) in [5.41, 5.74) is 9.33. The summed E-state index contributed by atoms with van der Waals surface area (Å²) in [5, 5.41) is 1.36. The van der Waals surface area contributed by atoms with Crippen LogP contribution in [0.25, 0.3) is 67.8 Å². The van der Waals surface area contributed by atoms with Crippen molar-refractivity contribution < 1.29 is 18.9 Å². The van der Waals surface area contributed by atoms with E-state index in [2.05, 4.69) is 9.97 Å². The third-order valence-corrected chi connectivity index (χ3v) is 9.39. The average Bonchev–Trinajstić information content (AvgIpc) is 3.93. The molecule has 8 rings (SSSR count). The van der Waals surface area contributed by atoms with Crippen LogP contribution >= 0.6 is 23.2 Å². The van der Waals surface area contributed by atoms with E-state index in [1.807, 2.05) is 172 Å². The zero-order chi connectivity index (χ0) is 40.7. The Morgan fingerprint density at radius 3 is 1.12 bits per heavy atom. The molecular weight excluding hydrogens is 767 g/mol. The number of imidazole rings is 2. The first-order valence-corrected chi connectivity index (χ1v) is 19.5. The van der Waals surface area contributed by atoms with Crippen molar-refractivity contribution in [2.75, 3.05) is 27.8 Å². The molecule has 2 heterocycles. The van der Waals surface area contributed by atoms with Gasteiger partial charge in [-0.15, -0.1) is 0 Å². The quantitative estimate of drug-likeness (QED) is 0.119. The minimum Gasteiger partial charge on any atom is -0.468 e. The lowest BCUT2D eigenvalue weighted by Gasteiger charge is -2.05. The summed E-state index contributed by atoms with van der Waals surface area (Å²) in [7, 11) is 3.19. The molecule has 0 saturated heterocycles. The van der Waals surface area contributed by atoms with E-state index in [1.54, 1.807) is 14.2 Å². The molecule has 8 aromatic rings. The van der Waals surface area contributed by atoms with Gasteiger partial charge in [-0.05, 0) is 60.7 Å². The Hall–Kier alpha value is -6.16. The van der Waals surface area contributed by atoms with Gasteiger partial charge in [0, 0.05) is 57.6 Å². The monoisotopic (exact) mass is 810 g/mol. The highest BCUT2D eigenvalue weighted by Gasteiger charge is 2.18. The van der Waals surface area contributed by atoms with Gasteiger partial charge < -0.3 is 28.9 Å². The van der Waals surface area contributed by atoms with Crippen LogP contribution in [-0.4, -0.2) is 47.7 Å². The number of hydrogen-bond donors (Lipinski definition) is 2. The molecule has 0 aliphatic rings. The summed E-state index contributed by atoms with van der Waals surface area (Å²) < 4.78 is 20.8. The SMILES string of the molecule is CC.COCOc1ccc(-c2nc(-c3ccccc3)c(-c3ccccc3Cl)[nH]2)cc1.COCOc1ccc(-c2nc(-c3ccccc3)c(-c3ccccc3Cl)[nH]2)cc1. The van der Waals surface area contributed by atoms with Gasteiger partial charge in [0.15, 0.2) is 13.6 Å². The molecule has 0 bridgehead atoms. The summed E-state index contributed by atoms with van der Waals surface area (Å²) in [5.74, 6) is 3.03. The van der Waals surface area contributed by atoms with Crippen LogP contribution in [0.1, 0.15) is 13.8 Å². The van der Waals surface area contributed by atoms with Gasteiger partial charge in [0.25, 0.3) is 0 Å². The fourth-order valence-corrected chi connectivity index (χ4v) is 6.48. The van der Waals surface area contributed by atoms with E-state index < -0.39 is 0 Å². The summed E-state index contributed by atoms with van der Waals surface area (Å²) >= 11 is 12.9. The smallest absolute Gasteiger partial charge is 0.188 e. The standard InChI is InChI=1S/2C23H19ClN2O2.C2H6/c2*1-27-15-28-18-13-11-17(12-14-18)23-25-21(16-7-3-2-4-8-16)22(26-23)19-9-5-6-10-20(19)24;1-2/h2*2-14H,15H2,1H3,(H,25,26);1-2H3. The molecule has 2 N–H and O–H groups in total. The third kappa shape index (κ3) is 10.2. The number of aromatic nitrogens is 4. The number of ether oxygens (including phenoxy) is 4. The predicted octanol–water partition coefficient (Wildman–Crippen LogP) is 13.1. The Bertz CT molecular complexity index is 2290. The minimum absolute atomic E-state index is 0.217. The van der Waals surface area contributed by atoms with Crippen molar-refractivity contribution in [2.45, 2.75) is 13.8 Å². The molecule has 58 heavy (non-hydrogen) atoms. The highest BCUT2D eigenvalue weighted by Crippen LogP contribution is 2.38. The van der Waals surface area contributed by atoms with Crippen LogP contribution < -0.4 is 9.47 Å². The van der Waals surface area contributed by atoms with Crippen LogP contribution in [0.4, 0.5) is 0 Å². The van der Waals surface area contributed by atoms with E-state index in [1.165, 1.54) is 0 Å². The zero-order valence-corrected chi connectivity index (χ0v) is 34.2. The predicted molar refractivity (Wildman–Crippen MR) is 236 cm³/mol. The van der Waals surface area contributed by atoms with Crippen LogP contribution in [0, 0.1) is 0 Å². The van der Waals surface area contributed by atoms with Crippen LogP contribution in [-0.2, 0) is 9.47 Å². The second-order valence-electron chi connectivity index (χ2n) is 12.5. The Morgan fingerprint density at radius 1 is 0.431 bits per heavy atom. The van der Waals surface area contributed by atoms with Crippen molar-refractivity contribution in [3.05, 3.63) is 168 Å². The number of nitrogens with zero attached hydrogens (tertiary/aromatic N) is 2. The Balaban J connectivity index is 0.000000188. The van der Waals surface area contributed by atoms with Crippen molar-refractivity contribution in [3.8, 4) is 79.3 Å². The number of methoxy groups -OCH3 is 2. The molecule has 0 unspecified atom stereocenters. The molecule has 0 spiro atoms. The van der Waals surface area contributed by atoms with E-state index >= 15 is 0 Å². The molecule has 0 aliphatic carbocycles. The summed E-state index contributed by atoms with van der Waals surface area (Å²) in [6.45, 7) is 4.43. The van der Waals surface area contributed by atoms with Crippen molar-refractivity contribution >= 4 is 23.2 Å². The lowest BCUT2D eigenvalue weighted by atomic mass is 10.1. The highest BCUT2D eigenvalue weighted by molar-refractivity contribution is 6.33. The van der Waals surface area contributed by atoms with E-state index in [9.17, 15) is 0 Å². The lowest BCUT2D eigenvalue weighted by Crippen LogP contribution is -1.98. The molecule has 6 aromatic carbocycles. The van der Waals surface area contributed by atoms with E-state index in [0.717, 1.165) is 79.3 Å². The molecule has 0 amide bonds. The van der Waals surface area contributed by atoms with Gasteiger partial charge in [0.1, 0.15) is 23.1 Å². The number of rotatable bonds is 12. The van der Waals surface area contributed by atoms with Crippen molar-refractivity contribution in [2.24, 2.45) is 0 Å². The second kappa shape index (κ2) is 20.8. The molecule has 2 aromatic heterocycles. The molecule has 0 aliphatic heterocycles. The average molecular weight is 812 g/mol. The Labute approximate surface area is 349 Å². The summed E-state index contributed by atoms with van der Waals surface area (Å²) in [4.78, 5) is 16.7. The van der Waals surface area contributed by atoms with Gasteiger partial charge in [-0.25, -0.2) is 9.97 Å². The fraction of sp³-hybridized carbons (Fsp3) is 0.125. The van der Waals surface area contributed by atoms with Crippen LogP contribution in [0.3, 0.4) is 0 Å². The van der Waals surface area contributed by atoms with E-state index in [-0.39, 0.29) is 13.6 Å². The van der Waals surface area contributed by atoms with Gasteiger partial charge in [0.2, 0.25) is 0 Å². The molecule has 8 nitrogen and oxygen atoms in total. The highest BCUT2D eigenvalue weighted by atomic mass is 35.5. The number of hydrogen-bond acceptors (Lipinski definition) is 6. The molecular formula is C48H44Cl2N4O4. The summed E-state index contributed by atoms with van der Waals surface area (Å²) in [6, 6.07) is 51.2. The number of halogens is 2. The first-order chi connectivity index (χ1) is 28.5. The van der Waals surface area contributed by atoms with E-state index in [0.29, 0.717) is 10.0 Å². The van der Waals surface area contributed by atoms with Gasteiger partial charge >= 0.3 is 0 Å². The third-order valence-electron chi connectivity index (χ3n) is 8.73. The number of H-pyrrole nitrogens is 2. The zero-order valence-electron chi connectivity index (χ0n) is 32.7. The van der Waals surface area contributed by atoms with Crippen LogP contribution in [0.15, 0.2) is 158 Å². The summed E-state index contributed by atoms with van der Waals surface area (Å²) in [6.07, 6.45) is 0. The van der Waals surface area contributed by atoms with Gasteiger partial charge in [-0.3, -0.25) is 0 Å². The van der Waals surface area contributed by atoms with Gasteiger partial charge in [-0.1, -0.05) is 134 Å². The maximum absolute atomic E-state index is 6.47. The molecule has 10 heteroatoms. The minimum atomic E-state index is 0.217. The molecule has 294 valence electrons. The van der Waals surface area contributed by atoms with Crippen molar-refractivity contribution in [3.63, 3.8) is 0 Å². The molecule has 0 saturated carbocycles. The van der Waals surface area contributed by atoms with Crippen molar-refractivity contribution in [1.82, 2.24) is 19.9 Å². The van der Waals surface area contributed by atoms with Crippen LogP contribution in [0.2, 0.25) is 10.0 Å². The fourth-order valence-electron chi connectivity index (χ4n) is 6.02. The Kier molecular flexibility index (Phi) is 14.9. The number of nitrogens with one attached hydrogen (secondary N) is 2. The van der Waals surface area contributed by atoms with E-state index in [4.69, 9.17) is 52.1 Å². The van der Waals surface area contributed by atoms with Crippen LogP contribution in [0.5, 0.6) is 11.5 Å². The second-order valence-corrected chi connectivity index (χ2v) is 13.3. The lowest BCUT2D eigenvalue weighted by molar-refractivity contribution is 0.0510.